The van der Waals surface area contributed by atoms with Gasteiger partial charge in [-0.05, 0) is 12.8 Å². The lowest BCUT2D eigenvalue weighted by atomic mass is 10.1. The summed E-state index contributed by atoms with van der Waals surface area (Å²) in [7, 11) is 0. The van der Waals surface area contributed by atoms with Gasteiger partial charge in [-0.25, -0.2) is 0 Å². The van der Waals surface area contributed by atoms with E-state index in [0.717, 1.165) is 13.2 Å². The second-order valence-electron chi connectivity index (χ2n) is 5.26. The summed E-state index contributed by atoms with van der Waals surface area (Å²) < 4.78 is 5.95. The summed E-state index contributed by atoms with van der Waals surface area (Å²) in [4.78, 5) is 0. The van der Waals surface area contributed by atoms with Crippen molar-refractivity contribution in [1.82, 2.24) is 5.32 Å². The Morgan fingerprint density at radius 3 is 2.24 bits per heavy atom. The molecule has 17 heavy (non-hydrogen) atoms. The third kappa shape index (κ3) is 12.2. The predicted molar refractivity (Wildman–Crippen MR) is 76.5 cm³/mol. The molecule has 1 unspecified atom stereocenters. The lowest BCUT2D eigenvalue weighted by Gasteiger charge is -2.19. The molecule has 0 radical (unpaired) electrons. The summed E-state index contributed by atoms with van der Waals surface area (Å²) in [5, 5.41) is 3.47. The van der Waals surface area contributed by atoms with Crippen LogP contribution >= 0.6 is 0 Å². The normalized spacial score (nSPS) is 13.2. The van der Waals surface area contributed by atoms with Crippen molar-refractivity contribution in [3.63, 3.8) is 0 Å². The molecule has 0 bridgehead atoms. The van der Waals surface area contributed by atoms with E-state index < -0.39 is 0 Å². The van der Waals surface area contributed by atoms with Crippen molar-refractivity contribution in [1.29, 1.82) is 0 Å². The lowest BCUT2D eigenvalue weighted by Crippen LogP contribution is -2.33. The Morgan fingerprint density at radius 2 is 1.65 bits per heavy atom. The summed E-state index contributed by atoms with van der Waals surface area (Å²) in [6.07, 6.45) is 9.39. The van der Waals surface area contributed by atoms with Crippen LogP contribution in [0.4, 0.5) is 0 Å². The maximum Gasteiger partial charge on any atom is 0.0699 e. The minimum atomic E-state index is 0.411. The van der Waals surface area contributed by atoms with Crippen LogP contribution in [-0.2, 0) is 4.74 Å². The van der Waals surface area contributed by atoms with Crippen molar-refractivity contribution in [2.24, 2.45) is 0 Å². The van der Waals surface area contributed by atoms with Crippen LogP contribution < -0.4 is 5.32 Å². The van der Waals surface area contributed by atoms with Crippen LogP contribution in [0, 0.1) is 0 Å². The highest BCUT2D eigenvalue weighted by Gasteiger charge is 2.08. The molecule has 0 aliphatic rings. The van der Waals surface area contributed by atoms with Gasteiger partial charge in [0, 0.05) is 19.2 Å². The zero-order valence-corrected chi connectivity index (χ0v) is 12.4. The average molecular weight is 243 g/mol. The van der Waals surface area contributed by atoms with Crippen LogP contribution in [0.25, 0.3) is 0 Å². The fraction of sp³-hybridized carbons (Fsp3) is 1.00. The number of ether oxygens (including phenoxy) is 1. The van der Waals surface area contributed by atoms with Gasteiger partial charge in [0.25, 0.3) is 0 Å². The molecule has 0 aromatic carbocycles. The molecule has 0 saturated carbocycles. The molecule has 0 amide bonds. The van der Waals surface area contributed by atoms with Gasteiger partial charge in [-0.3, -0.25) is 0 Å². The Bertz CT molecular complexity index is 148. The predicted octanol–water partition coefficient (Wildman–Crippen LogP) is 4.14. The molecule has 0 aromatic heterocycles. The largest absolute Gasteiger partial charge is 0.377 e. The molecule has 0 heterocycles. The summed E-state index contributed by atoms with van der Waals surface area (Å²) in [5.41, 5.74) is 0. The molecule has 0 aliphatic carbocycles. The Morgan fingerprint density at radius 1 is 0.941 bits per heavy atom. The van der Waals surface area contributed by atoms with E-state index in [-0.39, 0.29) is 0 Å². The minimum Gasteiger partial charge on any atom is -0.377 e. The molecule has 2 heteroatoms. The topological polar surface area (TPSA) is 21.3 Å². The fourth-order valence-electron chi connectivity index (χ4n) is 1.89. The number of hydrogen-bond donors (Lipinski definition) is 1. The van der Waals surface area contributed by atoms with Crippen molar-refractivity contribution in [2.45, 2.75) is 84.8 Å². The second kappa shape index (κ2) is 12.4. The first-order valence-corrected chi connectivity index (χ1v) is 7.55. The van der Waals surface area contributed by atoms with Crippen LogP contribution in [0.3, 0.4) is 0 Å². The maximum absolute atomic E-state index is 5.95. The van der Waals surface area contributed by atoms with Crippen molar-refractivity contribution in [2.75, 3.05) is 13.2 Å². The highest BCUT2D eigenvalue weighted by Crippen LogP contribution is 2.06. The Kier molecular flexibility index (Phi) is 12.3. The first kappa shape index (κ1) is 16.9. The van der Waals surface area contributed by atoms with E-state index in [1.807, 2.05) is 0 Å². The number of nitrogens with one attached hydrogen (secondary N) is 1. The highest BCUT2D eigenvalue weighted by molar-refractivity contribution is 4.63. The monoisotopic (exact) mass is 243 g/mol. The third-order valence-corrected chi connectivity index (χ3v) is 2.97. The van der Waals surface area contributed by atoms with Crippen molar-refractivity contribution in [3.8, 4) is 0 Å². The van der Waals surface area contributed by atoms with Gasteiger partial charge in [-0.1, -0.05) is 59.8 Å². The Labute approximate surface area is 109 Å². The molecule has 0 spiro atoms. The van der Waals surface area contributed by atoms with Gasteiger partial charge in [0.15, 0.2) is 0 Å². The summed E-state index contributed by atoms with van der Waals surface area (Å²) in [6, 6.07) is 0.558. The maximum atomic E-state index is 5.95. The van der Waals surface area contributed by atoms with Crippen LogP contribution in [0.1, 0.15) is 72.6 Å². The molecule has 1 atom stereocenters. The second-order valence-corrected chi connectivity index (χ2v) is 5.26. The first-order valence-electron chi connectivity index (χ1n) is 7.55. The third-order valence-electron chi connectivity index (χ3n) is 2.97. The molecule has 0 rings (SSSR count). The van der Waals surface area contributed by atoms with E-state index >= 15 is 0 Å². The standard InChI is InChI=1S/C15H33NO/c1-5-7-8-9-10-12-17-15(11-6-2)13-16-14(3)4/h14-16H,5-13H2,1-4H3. The van der Waals surface area contributed by atoms with Crippen LogP contribution in [0.2, 0.25) is 0 Å². The van der Waals surface area contributed by atoms with Gasteiger partial charge in [0.1, 0.15) is 0 Å². The summed E-state index contributed by atoms with van der Waals surface area (Å²) in [6.45, 7) is 10.8. The smallest absolute Gasteiger partial charge is 0.0699 e. The van der Waals surface area contributed by atoms with Crippen LogP contribution in [0.5, 0.6) is 0 Å². The van der Waals surface area contributed by atoms with Crippen molar-refractivity contribution >= 4 is 0 Å². The van der Waals surface area contributed by atoms with E-state index in [4.69, 9.17) is 4.74 Å². The SMILES string of the molecule is CCCCCCCOC(CCC)CNC(C)C. The molecule has 0 aromatic rings. The van der Waals surface area contributed by atoms with E-state index in [1.54, 1.807) is 0 Å². The lowest BCUT2D eigenvalue weighted by molar-refractivity contribution is 0.0433. The van der Waals surface area contributed by atoms with Gasteiger partial charge in [-0.2, -0.15) is 0 Å². The quantitative estimate of drug-likeness (QED) is 0.520. The average Bonchev–Trinajstić information content (AvgIpc) is 2.30. The van der Waals surface area contributed by atoms with E-state index in [1.165, 1.54) is 44.9 Å². The number of rotatable bonds is 12. The van der Waals surface area contributed by atoms with Crippen LogP contribution in [0.15, 0.2) is 0 Å². The van der Waals surface area contributed by atoms with Crippen LogP contribution in [-0.4, -0.2) is 25.3 Å². The van der Waals surface area contributed by atoms with Crippen molar-refractivity contribution < 1.29 is 4.74 Å². The molecule has 0 saturated heterocycles. The van der Waals surface area contributed by atoms with Crippen molar-refractivity contribution in [3.05, 3.63) is 0 Å². The van der Waals surface area contributed by atoms with E-state index in [9.17, 15) is 0 Å². The molecule has 0 aliphatic heterocycles. The molecule has 1 N–H and O–H groups in total. The van der Waals surface area contributed by atoms with Gasteiger partial charge < -0.3 is 10.1 Å². The molecular formula is C15H33NO. The molecule has 104 valence electrons. The number of unbranched alkanes of at least 4 members (excludes halogenated alkanes) is 4. The summed E-state index contributed by atoms with van der Waals surface area (Å²) >= 11 is 0. The zero-order chi connectivity index (χ0) is 12.9. The van der Waals surface area contributed by atoms with Gasteiger partial charge in [0.2, 0.25) is 0 Å². The van der Waals surface area contributed by atoms with Gasteiger partial charge in [0.05, 0.1) is 6.10 Å². The molecule has 0 fully saturated rings. The Hall–Kier alpha value is -0.0800. The van der Waals surface area contributed by atoms with Gasteiger partial charge in [-0.15, -0.1) is 0 Å². The first-order chi connectivity index (χ1) is 8.20. The Balaban J connectivity index is 3.48. The molecule has 2 nitrogen and oxygen atoms in total. The minimum absolute atomic E-state index is 0.411. The highest BCUT2D eigenvalue weighted by atomic mass is 16.5. The van der Waals surface area contributed by atoms with E-state index in [2.05, 4.69) is 33.0 Å². The molecular weight excluding hydrogens is 210 g/mol. The fourth-order valence-corrected chi connectivity index (χ4v) is 1.89. The number of hydrogen-bond acceptors (Lipinski definition) is 2. The van der Waals surface area contributed by atoms with E-state index in [0.29, 0.717) is 12.1 Å². The zero-order valence-electron chi connectivity index (χ0n) is 12.4. The summed E-state index contributed by atoms with van der Waals surface area (Å²) in [5.74, 6) is 0. The van der Waals surface area contributed by atoms with Gasteiger partial charge >= 0.3 is 0 Å².